The molecule has 1 atom stereocenters. The number of hydrogen-bond acceptors (Lipinski definition) is 2. The zero-order chi connectivity index (χ0) is 46.4. The molecule has 3 aliphatic heterocycles. The fraction of sp³-hybridized carbons (Fsp3) is 0.429. The highest BCUT2D eigenvalue weighted by atomic mass is 15.2. The Labute approximate surface area is 396 Å². The molecule has 0 fully saturated rings. The van der Waals surface area contributed by atoms with E-state index in [9.17, 15) is 0 Å². The molecule has 0 saturated heterocycles. The lowest BCUT2D eigenvalue weighted by Gasteiger charge is -2.52. The summed E-state index contributed by atoms with van der Waals surface area (Å²) in [6.07, 6.45) is 5.93. The normalized spacial score (nSPS) is 23.5. The molecule has 2 nitrogen and oxygen atoms in total. The van der Waals surface area contributed by atoms with E-state index < -0.39 is 0 Å². The van der Waals surface area contributed by atoms with Crippen LogP contribution in [0.2, 0.25) is 0 Å². The van der Waals surface area contributed by atoms with Gasteiger partial charge in [-0.25, -0.2) is 0 Å². The van der Waals surface area contributed by atoms with E-state index >= 15 is 0 Å². The van der Waals surface area contributed by atoms with Crippen LogP contribution in [0, 0.1) is 13.8 Å². The molecule has 3 heteroatoms. The molecule has 6 aromatic rings. The third-order valence-electron chi connectivity index (χ3n) is 19.3. The van der Waals surface area contributed by atoms with Crippen molar-refractivity contribution in [3.8, 4) is 11.1 Å². The fourth-order valence-corrected chi connectivity index (χ4v) is 15.8. The molecule has 0 N–H and O–H groups in total. The van der Waals surface area contributed by atoms with Gasteiger partial charge in [-0.3, -0.25) is 0 Å². The third kappa shape index (κ3) is 4.86. The van der Waals surface area contributed by atoms with E-state index in [0.717, 1.165) is 6.42 Å². The molecule has 0 radical (unpaired) electrons. The van der Waals surface area contributed by atoms with Gasteiger partial charge in [0.15, 0.2) is 0 Å². The third-order valence-corrected chi connectivity index (χ3v) is 19.3. The van der Waals surface area contributed by atoms with Gasteiger partial charge in [0.1, 0.15) is 0 Å². The molecule has 0 amide bonds. The summed E-state index contributed by atoms with van der Waals surface area (Å²) >= 11 is 0. The molecule has 1 unspecified atom stereocenters. The lowest BCUT2D eigenvalue weighted by Crippen LogP contribution is -2.63. The van der Waals surface area contributed by atoms with Gasteiger partial charge < -0.3 is 9.80 Å². The zero-order valence-corrected chi connectivity index (χ0v) is 42.6. The Morgan fingerprint density at radius 1 is 0.394 bits per heavy atom. The van der Waals surface area contributed by atoms with Gasteiger partial charge in [0, 0.05) is 33.9 Å². The van der Waals surface area contributed by atoms with Gasteiger partial charge >= 0.3 is 0 Å². The molecular weight excluding hydrogens is 796 g/mol. The summed E-state index contributed by atoms with van der Waals surface area (Å²) in [5.41, 5.74) is 31.9. The number of nitrogens with zero attached hydrogens (tertiary/aromatic N) is 2. The lowest BCUT2D eigenvalue weighted by atomic mass is 9.32. The van der Waals surface area contributed by atoms with Crippen LogP contribution < -0.4 is 26.2 Å². The Morgan fingerprint density at radius 2 is 0.879 bits per heavy atom. The van der Waals surface area contributed by atoms with Crippen molar-refractivity contribution >= 4 is 57.2 Å². The van der Waals surface area contributed by atoms with Gasteiger partial charge in [-0.2, -0.15) is 0 Å². The SMILES string of the molecule is Cc1cc2c(cc1N1c3cc4c(cc3B3c5cc6c(cc5N5c7cccc8c7C(C)(c7ccccc7-8)c7c(C)cc1c3c75)C(C)(C)CCC6(C)C)C(C)(C)CC4(C)C)C(C)(C)CCC2(C)C. The topological polar surface area (TPSA) is 6.48 Å². The van der Waals surface area contributed by atoms with Crippen LogP contribution in [0.15, 0.2) is 84.9 Å². The van der Waals surface area contributed by atoms with E-state index in [0.29, 0.717) is 0 Å². The molecule has 334 valence electrons. The van der Waals surface area contributed by atoms with E-state index in [1.54, 1.807) is 5.56 Å². The van der Waals surface area contributed by atoms with Crippen LogP contribution in [-0.2, 0) is 37.9 Å². The van der Waals surface area contributed by atoms with Crippen molar-refractivity contribution < 1.29 is 0 Å². The quantitative estimate of drug-likeness (QED) is 0.152. The number of anilines is 6. The van der Waals surface area contributed by atoms with Crippen molar-refractivity contribution in [1.82, 2.24) is 0 Å². The van der Waals surface area contributed by atoms with Crippen LogP contribution in [0.25, 0.3) is 11.1 Å². The van der Waals surface area contributed by atoms with E-state index in [1.807, 2.05) is 0 Å². The average molecular weight is 865 g/mol. The van der Waals surface area contributed by atoms with Crippen molar-refractivity contribution in [2.75, 3.05) is 9.80 Å². The summed E-state index contributed by atoms with van der Waals surface area (Å²) in [6.45, 7) is 37.5. The van der Waals surface area contributed by atoms with Crippen LogP contribution in [0.1, 0.15) is 183 Å². The summed E-state index contributed by atoms with van der Waals surface area (Å²) < 4.78 is 0. The standard InChI is InChI=1S/C63H69BN2/c1-35-27-40-43(59(7,8)25-23-57(40,3)4)31-49(35)65-50-33-45-42(61(11,12)34-62(45,13)14)30-46(50)64-47-29-41-44(60(9,10)26-24-58(41,5)6)32-51(47)66-48-22-18-20-38-37-19-16-17-21-39(37)63(15,54(38)48)53-36(2)28-52(65)55(64)56(53)66/h16-22,27-33H,23-26,34H2,1-15H3. The molecule has 3 heterocycles. The summed E-state index contributed by atoms with van der Waals surface area (Å²) in [5, 5.41) is 0. The van der Waals surface area contributed by atoms with Crippen molar-refractivity contribution in [3.63, 3.8) is 0 Å². The molecule has 0 bridgehead atoms. The maximum absolute atomic E-state index is 2.80. The molecular formula is C63H69BN2. The van der Waals surface area contributed by atoms with E-state index in [-0.39, 0.29) is 44.6 Å². The first-order chi connectivity index (χ1) is 30.9. The summed E-state index contributed by atoms with van der Waals surface area (Å²) in [5.74, 6) is 0. The number of hydrogen-bond donors (Lipinski definition) is 0. The largest absolute Gasteiger partial charge is 0.311 e. The van der Waals surface area contributed by atoms with Gasteiger partial charge in [-0.1, -0.05) is 138 Å². The van der Waals surface area contributed by atoms with Crippen molar-refractivity contribution in [2.45, 2.75) is 174 Å². The van der Waals surface area contributed by atoms with Gasteiger partial charge in [0.25, 0.3) is 6.71 Å². The van der Waals surface area contributed by atoms with Crippen molar-refractivity contribution in [1.29, 1.82) is 0 Å². The second kappa shape index (κ2) is 12.2. The number of fused-ring (bicyclic) bond motifs is 13. The summed E-state index contributed by atoms with van der Waals surface area (Å²) in [7, 11) is 0. The highest BCUT2D eigenvalue weighted by Gasteiger charge is 2.56. The maximum Gasteiger partial charge on any atom is 0.252 e. The van der Waals surface area contributed by atoms with E-state index in [1.165, 1.54) is 143 Å². The van der Waals surface area contributed by atoms with E-state index in [2.05, 4.69) is 199 Å². The molecule has 7 aliphatic rings. The first-order valence-electron chi connectivity index (χ1n) is 25.4. The smallest absolute Gasteiger partial charge is 0.252 e. The Bertz CT molecular complexity index is 3240. The van der Waals surface area contributed by atoms with Crippen LogP contribution in [0.5, 0.6) is 0 Å². The molecule has 66 heavy (non-hydrogen) atoms. The van der Waals surface area contributed by atoms with Crippen molar-refractivity contribution in [2.24, 2.45) is 0 Å². The van der Waals surface area contributed by atoms with Gasteiger partial charge in [0.05, 0.1) is 5.69 Å². The van der Waals surface area contributed by atoms with E-state index in [4.69, 9.17) is 0 Å². The molecule has 0 saturated carbocycles. The second-order valence-corrected chi connectivity index (χ2v) is 26.4. The molecule has 0 spiro atoms. The van der Waals surface area contributed by atoms with Crippen LogP contribution in [-0.4, -0.2) is 6.71 Å². The van der Waals surface area contributed by atoms with Crippen LogP contribution >= 0.6 is 0 Å². The Balaban J connectivity index is 1.22. The Kier molecular flexibility index (Phi) is 7.59. The lowest BCUT2D eigenvalue weighted by molar-refractivity contribution is 0.332. The zero-order valence-electron chi connectivity index (χ0n) is 42.6. The summed E-state index contributed by atoms with van der Waals surface area (Å²) in [4.78, 5) is 5.58. The van der Waals surface area contributed by atoms with Crippen LogP contribution in [0.3, 0.4) is 0 Å². The molecule has 0 aromatic heterocycles. The Hall–Kier alpha value is -5.02. The molecule has 13 rings (SSSR count). The summed E-state index contributed by atoms with van der Waals surface area (Å²) in [6, 6.07) is 35.3. The Morgan fingerprint density at radius 3 is 1.48 bits per heavy atom. The molecule has 4 aliphatic carbocycles. The van der Waals surface area contributed by atoms with Gasteiger partial charge in [-0.05, 0) is 204 Å². The average Bonchev–Trinajstić information content (AvgIpc) is 3.62. The number of aryl methyl sites for hydroxylation is 2. The number of benzene rings is 6. The van der Waals surface area contributed by atoms with Gasteiger partial charge in [-0.15, -0.1) is 0 Å². The fourth-order valence-electron chi connectivity index (χ4n) is 15.8. The first kappa shape index (κ1) is 41.2. The number of rotatable bonds is 1. The second-order valence-electron chi connectivity index (χ2n) is 26.4. The highest BCUT2D eigenvalue weighted by molar-refractivity contribution is 7.00. The minimum atomic E-state index is -0.308. The van der Waals surface area contributed by atoms with Crippen molar-refractivity contribution in [3.05, 3.63) is 146 Å². The predicted molar refractivity (Wildman–Crippen MR) is 282 cm³/mol. The van der Waals surface area contributed by atoms with Crippen LogP contribution in [0.4, 0.5) is 34.1 Å². The molecule has 6 aromatic carbocycles. The predicted octanol–water partition coefficient (Wildman–Crippen LogP) is 14.7. The maximum atomic E-state index is 2.80. The first-order valence-corrected chi connectivity index (χ1v) is 25.4. The highest BCUT2D eigenvalue weighted by Crippen LogP contribution is 2.65. The van der Waals surface area contributed by atoms with Gasteiger partial charge in [0.2, 0.25) is 0 Å². The minimum absolute atomic E-state index is 0.0598. The minimum Gasteiger partial charge on any atom is -0.311 e. The monoisotopic (exact) mass is 865 g/mol.